The smallest absolute Gasteiger partial charge is 0.251 e. The first kappa shape index (κ1) is 17.1. The van der Waals surface area contributed by atoms with Crippen LogP contribution < -0.4 is 10.6 Å². The fourth-order valence-electron chi connectivity index (χ4n) is 2.94. The third-order valence-corrected chi connectivity index (χ3v) is 4.36. The lowest BCUT2D eigenvalue weighted by Crippen LogP contribution is -2.23. The Morgan fingerprint density at radius 1 is 1.12 bits per heavy atom. The van der Waals surface area contributed by atoms with E-state index >= 15 is 0 Å². The van der Waals surface area contributed by atoms with Gasteiger partial charge >= 0.3 is 0 Å². The summed E-state index contributed by atoms with van der Waals surface area (Å²) in [6.07, 6.45) is 13.6. The number of hydrogen-bond acceptors (Lipinski definition) is 4. The fourth-order valence-corrected chi connectivity index (χ4v) is 2.94. The van der Waals surface area contributed by atoms with Crippen LogP contribution in [0.15, 0.2) is 54.5 Å². The number of rotatable bonds is 7. The topological polar surface area (TPSA) is 66.9 Å². The first-order valence-corrected chi connectivity index (χ1v) is 8.86. The summed E-state index contributed by atoms with van der Waals surface area (Å²) >= 11 is 0. The van der Waals surface area contributed by atoms with Gasteiger partial charge in [-0.1, -0.05) is 11.6 Å². The second kappa shape index (κ2) is 8.97. The Balaban J connectivity index is 1.50. The molecule has 2 N–H and O–H groups in total. The maximum Gasteiger partial charge on any atom is 0.251 e. The van der Waals surface area contributed by atoms with Gasteiger partial charge in [0.25, 0.3) is 5.91 Å². The molecule has 1 aliphatic rings. The van der Waals surface area contributed by atoms with Crippen LogP contribution in [0.25, 0.3) is 0 Å². The van der Waals surface area contributed by atoms with Gasteiger partial charge < -0.3 is 10.6 Å². The van der Waals surface area contributed by atoms with Gasteiger partial charge in [-0.2, -0.15) is 0 Å². The Morgan fingerprint density at radius 3 is 2.80 bits per heavy atom. The Labute approximate surface area is 148 Å². The van der Waals surface area contributed by atoms with Crippen molar-refractivity contribution in [1.82, 2.24) is 15.3 Å². The molecule has 0 aromatic carbocycles. The summed E-state index contributed by atoms with van der Waals surface area (Å²) in [6.45, 7) is 1.33. The van der Waals surface area contributed by atoms with E-state index in [1.165, 1.54) is 31.3 Å². The van der Waals surface area contributed by atoms with Crippen molar-refractivity contribution < 1.29 is 4.79 Å². The molecule has 0 unspecified atom stereocenters. The second-order valence-corrected chi connectivity index (χ2v) is 6.25. The van der Waals surface area contributed by atoms with Crippen LogP contribution in [0.1, 0.15) is 48.0 Å². The van der Waals surface area contributed by atoms with E-state index in [1.54, 1.807) is 30.7 Å². The van der Waals surface area contributed by atoms with E-state index < -0.39 is 0 Å². The summed E-state index contributed by atoms with van der Waals surface area (Å²) in [4.78, 5) is 20.6. The zero-order valence-corrected chi connectivity index (χ0v) is 14.4. The lowest BCUT2D eigenvalue weighted by atomic mass is 9.97. The molecule has 2 heterocycles. The van der Waals surface area contributed by atoms with E-state index in [0.717, 1.165) is 24.3 Å². The van der Waals surface area contributed by atoms with Crippen molar-refractivity contribution in [3.8, 4) is 0 Å². The molecular formula is C20H24N4O. The summed E-state index contributed by atoms with van der Waals surface area (Å²) in [5, 5.41) is 6.24. The summed E-state index contributed by atoms with van der Waals surface area (Å²) in [7, 11) is 0. The molecule has 2 aromatic rings. The number of carbonyl (C=O) groups excluding carboxylic acids is 1. The Kier molecular flexibility index (Phi) is 6.15. The molecule has 0 spiro atoms. The van der Waals surface area contributed by atoms with Gasteiger partial charge in [-0.15, -0.1) is 0 Å². The van der Waals surface area contributed by atoms with Crippen molar-refractivity contribution in [2.75, 3.05) is 11.9 Å². The molecule has 5 heteroatoms. The average molecular weight is 336 g/mol. The van der Waals surface area contributed by atoms with Crippen LogP contribution in [-0.2, 0) is 6.54 Å². The van der Waals surface area contributed by atoms with Crippen molar-refractivity contribution in [1.29, 1.82) is 0 Å². The number of pyridine rings is 2. The standard InChI is InChI=1S/C20H24N4O/c25-20(24-15-17-6-10-21-11-7-17)18-9-13-23-19(14-18)22-12-8-16-4-2-1-3-5-16/h4,6-7,9-11,13-14H,1-3,5,8,12,15H2,(H,22,23)(H,24,25). The van der Waals surface area contributed by atoms with Crippen LogP contribution in [0.5, 0.6) is 0 Å². The highest BCUT2D eigenvalue weighted by atomic mass is 16.1. The summed E-state index contributed by atoms with van der Waals surface area (Å²) in [5.74, 6) is 0.644. The number of allylic oxidation sites excluding steroid dienone is 1. The van der Waals surface area contributed by atoms with Crippen molar-refractivity contribution in [3.05, 3.63) is 65.6 Å². The average Bonchev–Trinajstić information content (AvgIpc) is 2.68. The van der Waals surface area contributed by atoms with Crippen LogP contribution in [0.4, 0.5) is 5.82 Å². The van der Waals surface area contributed by atoms with Gasteiger partial charge in [-0.3, -0.25) is 9.78 Å². The molecule has 0 fully saturated rings. The molecule has 130 valence electrons. The minimum atomic E-state index is -0.0998. The Morgan fingerprint density at radius 2 is 2.00 bits per heavy atom. The number of hydrogen-bond donors (Lipinski definition) is 2. The Hall–Kier alpha value is -2.69. The van der Waals surface area contributed by atoms with Crippen LogP contribution in [0, 0.1) is 0 Å². The van der Waals surface area contributed by atoms with E-state index in [1.807, 2.05) is 12.1 Å². The van der Waals surface area contributed by atoms with Gasteiger partial charge in [0.1, 0.15) is 5.82 Å². The lowest BCUT2D eigenvalue weighted by Gasteiger charge is -2.13. The number of anilines is 1. The highest BCUT2D eigenvalue weighted by molar-refractivity contribution is 5.94. The molecule has 0 aliphatic heterocycles. The normalized spacial score (nSPS) is 13.8. The summed E-state index contributed by atoms with van der Waals surface area (Å²) in [5.41, 5.74) is 3.17. The first-order chi connectivity index (χ1) is 12.3. The van der Waals surface area contributed by atoms with Gasteiger partial charge in [0.15, 0.2) is 0 Å². The number of aromatic nitrogens is 2. The molecule has 0 saturated heterocycles. The van der Waals surface area contributed by atoms with Gasteiger partial charge in [0.05, 0.1) is 0 Å². The highest BCUT2D eigenvalue weighted by Gasteiger charge is 2.07. The maximum atomic E-state index is 12.3. The minimum absolute atomic E-state index is 0.0998. The Bertz CT molecular complexity index is 727. The molecular weight excluding hydrogens is 312 g/mol. The zero-order valence-electron chi connectivity index (χ0n) is 14.4. The first-order valence-electron chi connectivity index (χ1n) is 8.86. The molecule has 3 rings (SSSR count). The third-order valence-electron chi connectivity index (χ3n) is 4.36. The predicted octanol–water partition coefficient (Wildman–Crippen LogP) is 3.71. The highest BCUT2D eigenvalue weighted by Crippen LogP contribution is 2.20. The fraction of sp³-hybridized carbons (Fsp3) is 0.350. The molecule has 1 aliphatic carbocycles. The molecule has 0 atom stereocenters. The zero-order chi connectivity index (χ0) is 17.3. The molecule has 0 radical (unpaired) electrons. The quantitative estimate of drug-likeness (QED) is 0.757. The largest absolute Gasteiger partial charge is 0.370 e. The summed E-state index contributed by atoms with van der Waals surface area (Å²) < 4.78 is 0. The van der Waals surface area contributed by atoms with Crippen LogP contribution in [0.2, 0.25) is 0 Å². The monoisotopic (exact) mass is 336 g/mol. The van der Waals surface area contributed by atoms with E-state index in [9.17, 15) is 4.79 Å². The SMILES string of the molecule is O=C(NCc1ccncc1)c1ccnc(NCCC2=CCCCC2)c1. The van der Waals surface area contributed by atoms with Crippen LogP contribution in [0.3, 0.4) is 0 Å². The molecule has 1 amide bonds. The number of nitrogens with zero attached hydrogens (tertiary/aromatic N) is 2. The van der Waals surface area contributed by atoms with E-state index in [-0.39, 0.29) is 5.91 Å². The third kappa shape index (κ3) is 5.41. The van der Waals surface area contributed by atoms with Gasteiger partial charge in [0, 0.05) is 37.2 Å². The van der Waals surface area contributed by atoms with Gasteiger partial charge in [-0.05, 0) is 61.9 Å². The number of nitrogens with one attached hydrogen (secondary N) is 2. The number of amides is 1. The van der Waals surface area contributed by atoms with Crippen molar-refractivity contribution in [2.45, 2.75) is 38.6 Å². The number of carbonyl (C=O) groups is 1. The minimum Gasteiger partial charge on any atom is -0.370 e. The van der Waals surface area contributed by atoms with Crippen molar-refractivity contribution in [2.24, 2.45) is 0 Å². The molecule has 0 bridgehead atoms. The molecule has 5 nitrogen and oxygen atoms in total. The molecule has 25 heavy (non-hydrogen) atoms. The molecule has 2 aromatic heterocycles. The van der Waals surface area contributed by atoms with Gasteiger partial charge in [0.2, 0.25) is 0 Å². The maximum absolute atomic E-state index is 12.3. The molecule has 0 saturated carbocycles. The van der Waals surface area contributed by atoms with E-state index in [2.05, 4.69) is 26.7 Å². The predicted molar refractivity (Wildman–Crippen MR) is 99.3 cm³/mol. The van der Waals surface area contributed by atoms with E-state index in [0.29, 0.717) is 12.1 Å². The van der Waals surface area contributed by atoms with E-state index in [4.69, 9.17) is 0 Å². The van der Waals surface area contributed by atoms with Crippen molar-refractivity contribution >= 4 is 11.7 Å². The second-order valence-electron chi connectivity index (χ2n) is 6.25. The van der Waals surface area contributed by atoms with Crippen LogP contribution >= 0.6 is 0 Å². The lowest BCUT2D eigenvalue weighted by molar-refractivity contribution is 0.0951. The summed E-state index contributed by atoms with van der Waals surface area (Å²) in [6, 6.07) is 7.31. The van der Waals surface area contributed by atoms with Crippen molar-refractivity contribution in [3.63, 3.8) is 0 Å². The van der Waals surface area contributed by atoms with Gasteiger partial charge in [-0.25, -0.2) is 4.98 Å². The van der Waals surface area contributed by atoms with Crippen LogP contribution in [-0.4, -0.2) is 22.4 Å².